The SMILES string of the molecule is CC(=O)NCC1NCC(O)C1O. The number of hydrogen-bond acceptors (Lipinski definition) is 4. The minimum Gasteiger partial charge on any atom is -0.389 e. The van der Waals surface area contributed by atoms with Crippen molar-refractivity contribution in [3.63, 3.8) is 0 Å². The first kappa shape index (κ1) is 9.44. The quantitative estimate of drug-likeness (QED) is 0.383. The van der Waals surface area contributed by atoms with Gasteiger partial charge in [-0.3, -0.25) is 4.79 Å². The normalized spacial score (nSPS) is 35.1. The standard InChI is InChI=1S/C7H14N2O3/c1-4(10)8-2-5-7(12)6(11)3-9-5/h5-7,9,11-12H,2-3H2,1H3,(H,8,10). The van der Waals surface area contributed by atoms with Gasteiger partial charge in [-0.1, -0.05) is 0 Å². The van der Waals surface area contributed by atoms with Crippen molar-refractivity contribution in [2.45, 2.75) is 25.2 Å². The molecule has 1 fully saturated rings. The summed E-state index contributed by atoms with van der Waals surface area (Å²) in [5.41, 5.74) is 0. The number of aliphatic hydroxyl groups excluding tert-OH is 2. The first-order valence-electron chi connectivity index (χ1n) is 3.95. The summed E-state index contributed by atoms with van der Waals surface area (Å²) >= 11 is 0. The van der Waals surface area contributed by atoms with E-state index in [1.165, 1.54) is 6.92 Å². The molecule has 1 aliphatic heterocycles. The molecule has 0 aromatic rings. The summed E-state index contributed by atoms with van der Waals surface area (Å²) in [5, 5.41) is 23.9. The van der Waals surface area contributed by atoms with Crippen LogP contribution in [-0.2, 0) is 4.79 Å². The van der Waals surface area contributed by atoms with E-state index in [1.54, 1.807) is 0 Å². The van der Waals surface area contributed by atoms with Gasteiger partial charge in [-0.25, -0.2) is 0 Å². The molecular formula is C7H14N2O3. The molecule has 5 heteroatoms. The number of amides is 1. The number of hydrogen-bond donors (Lipinski definition) is 4. The zero-order valence-electron chi connectivity index (χ0n) is 6.95. The molecule has 70 valence electrons. The summed E-state index contributed by atoms with van der Waals surface area (Å²) < 4.78 is 0. The van der Waals surface area contributed by atoms with E-state index in [4.69, 9.17) is 5.11 Å². The van der Waals surface area contributed by atoms with Crippen LogP contribution in [0.25, 0.3) is 0 Å². The molecule has 5 nitrogen and oxygen atoms in total. The van der Waals surface area contributed by atoms with Crippen LogP contribution in [0.1, 0.15) is 6.92 Å². The molecule has 0 aromatic carbocycles. The highest BCUT2D eigenvalue weighted by atomic mass is 16.3. The molecule has 0 aliphatic carbocycles. The second-order valence-corrected chi connectivity index (χ2v) is 3.01. The molecule has 0 spiro atoms. The fourth-order valence-electron chi connectivity index (χ4n) is 1.23. The number of carbonyl (C=O) groups excluding carboxylic acids is 1. The molecule has 1 amide bonds. The third kappa shape index (κ3) is 2.17. The monoisotopic (exact) mass is 174 g/mol. The molecule has 1 heterocycles. The van der Waals surface area contributed by atoms with Crippen LogP contribution in [0.4, 0.5) is 0 Å². The summed E-state index contributed by atoms with van der Waals surface area (Å²) in [6.07, 6.45) is -1.50. The van der Waals surface area contributed by atoms with E-state index in [-0.39, 0.29) is 11.9 Å². The highest BCUT2D eigenvalue weighted by Crippen LogP contribution is 2.06. The van der Waals surface area contributed by atoms with E-state index in [1.807, 2.05) is 0 Å². The lowest BCUT2D eigenvalue weighted by molar-refractivity contribution is -0.119. The summed E-state index contributed by atoms with van der Waals surface area (Å²) in [5.74, 6) is -0.134. The number of rotatable bonds is 2. The molecule has 12 heavy (non-hydrogen) atoms. The fourth-order valence-corrected chi connectivity index (χ4v) is 1.23. The highest BCUT2D eigenvalue weighted by Gasteiger charge is 2.32. The predicted octanol–water partition coefficient (Wildman–Crippen LogP) is -2.18. The lowest BCUT2D eigenvalue weighted by Gasteiger charge is -2.15. The Morgan fingerprint density at radius 1 is 1.67 bits per heavy atom. The Labute approximate surface area is 70.8 Å². The van der Waals surface area contributed by atoms with E-state index in [0.717, 1.165) is 0 Å². The van der Waals surface area contributed by atoms with Crippen molar-refractivity contribution in [3.8, 4) is 0 Å². The van der Waals surface area contributed by atoms with E-state index in [2.05, 4.69) is 10.6 Å². The molecule has 1 saturated heterocycles. The topological polar surface area (TPSA) is 81.6 Å². The van der Waals surface area contributed by atoms with Crippen molar-refractivity contribution in [2.75, 3.05) is 13.1 Å². The second-order valence-electron chi connectivity index (χ2n) is 3.01. The maximum Gasteiger partial charge on any atom is 0.216 e. The maximum atomic E-state index is 10.5. The Hall–Kier alpha value is -0.650. The van der Waals surface area contributed by atoms with Crippen molar-refractivity contribution in [2.24, 2.45) is 0 Å². The van der Waals surface area contributed by atoms with Gasteiger partial charge in [-0.15, -0.1) is 0 Å². The zero-order chi connectivity index (χ0) is 9.14. The summed E-state index contributed by atoms with van der Waals surface area (Å²) in [4.78, 5) is 10.5. The summed E-state index contributed by atoms with van der Waals surface area (Å²) in [7, 11) is 0. The van der Waals surface area contributed by atoms with Crippen LogP contribution in [0, 0.1) is 0 Å². The smallest absolute Gasteiger partial charge is 0.216 e. The van der Waals surface area contributed by atoms with Gasteiger partial charge in [0.05, 0.1) is 18.2 Å². The van der Waals surface area contributed by atoms with Crippen molar-refractivity contribution in [1.82, 2.24) is 10.6 Å². The number of β-amino-alcohol motifs (C(OH)–C–C–N with tert-alkyl or cyclic N) is 1. The van der Waals surface area contributed by atoms with Crippen molar-refractivity contribution in [3.05, 3.63) is 0 Å². The lowest BCUT2D eigenvalue weighted by atomic mass is 10.1. The van der Waals surface area contributed by atoms with Gasteiger partial charge >= 0.3 is 0 Å². The zero-order valence-corrected chi connectivity index (χ0v) is 6.95. The third-order valence-corrected chi connectivity index (χ3v) is 1.97. The Morgan fingerprint density at radius 3 is 2.75 bits per heavy atom. The largest absolute Gasteiger partial charge is 0.389 e. The number of nitrogens with one attached hydrogen (secondary N) is 2. The van der Waals surface area contributed by atoms with E-state index >= 15 is 0 Å². The molecule has 0 saturated carbocycles. The Kier molecular flexibility index (Phi) is 3.02. The van der Waals surface area contributed by atoms with Gasteiger partial charge in [-0.2, -0.15) is 0 Å². The molecule has 0 aromatic heterocycles. The lowest BCUT2D eigenvalue weighted by Crippen LogP contribution is -2.42. The maximum absolute atomic E-state index is 10.5. The predicted molar refractivity (Wildman–Crippen MR) is 42.5 cm³/mol. The van der Waals surface area contributed by atoms with E-state index in [9.17, 15) is 9.90 Å². The summed E-state index contributed by atoms with van der Waals surface area (Å²) in [6, 6.07) is -0.233. The van der Waals surface area contributed by atoms with Crippen LogP contribution in [0.5, 0.6) is 0 Å². The molecule has 0 bridgehead atoms. The minimum absolute atomic E-state index is 0.134. The Morgan fingerprint density at radius 2 is 2.33 bits per heavy atom. The fraction of sp³-hybridized carbons (Fsp3) is 0.857. The number of carbonyl (C=O) groups is 1. The van der Waals surface area contributed by atoms with Gasteiger partial charge in [0.15, 0.2) is 0 Å². The highest BCUT2D eigenvalue weighted by molar-refractivity contribution is 5.72. The Balaban J connectivity index is 2.29. The first-order chi connectivity index (χ1) is 5.61. The van der Waals surface area contributed by atoms with Crippen LogP contribution in [0.3, 0.4) is 0 Å². The van der Waals surface area contributed by atoms with E-state index in [0.29, 0.717) is 13.1 Å². The average molecular weight is 174 g/mol. The molecule has 3 atom stereocenters. The molecule has 3 unspecified atom stereocenters. The molecule has 1 rings (SSSR count). The molecule has 1 aliphatic rings. The molecular weight excluding hydrogens is 160 g/mol. The first-order valence-corrected chi connectivity index (χ1v) is 3.95. The molecule has 0 radical (unpaired) electrons. The van der Waals surface area contributed by atoms with Crippen molar-refractivity contribution < 1.29 is 15.0 Å². The second kappa shape index (κ2) is 3.84. The van der Waals surface area contributed by atoms with Crippen molar-refractivity contribution >= 4 is 5.91 Å². The third-order valence-electron chi connectivity index (χ3n) is 1.97. The van der Waals surface area contributed by atoms with Crippen LogP contribution in [-0.4, -0.2) is 47.5 Å². The van der Waals surface area contributed by atoms with Crippen LogP contribution >= 0.6 is 0 Å². The van der Waals surface area contributed by atoms with Crippen LogP contribution in [0.2, 0.25) is 0 Å². The van der Waals surface area contributed by atoms with Gasteiger partial charge < -0.3 is 20.8 Å². The average Bonchev–Trinajstić information content (AvgIpc) is 2.30. The Bertz CT molecular complexity index is 174. The molecule has 4 N–H and O–H groups in total. The van der Waals surface area contributed by atoms with Crippen LogP contribution < -0.4 is 10.6 Å². The van der Waals surface area contributed by atoms with Crippen LogP contribution in [0.15, 0.2) is 0 Å². The van der Waals surface area contributed by atoms with Gasteiger partial charge in [0.2, 0.25) is 5.91 Å². The van der Waals surface area contributed by atoms with Gasteiger partial charge in [0.1, 0.15) is 0 Å². The van der Waals surface area contributed by atoms with Gasteiger partial charge in [0.25, 0.3) is 0 Å². The van der Waals surface area contributed by atoms with E-state index < -0.39 is 12.2 Å². The minimum atomic E-state index is -0.781. The summed E-state index contributed by atoms with van der Waals surface area (Å²) in [6.45, 7) is 2.15. The van der Waals surface area contributed by atoms with Gasteiger partial charge in [-0.05, 0) is 0 Å². The van der Waals surface area contributed by atoms with Crippen molar-refractivity contribution in [1.29, 1.82) is 0 Å². The van der Waals surface area contributed by atoms with Gasteiger partial charge in [0, 0.05) is 20.0 Å². The number of aliphatic hydroxyl groups is 2.